The Morgan fingerprint density at radius 3 is 2.56 bits per heavy atom. The minimum atomic E-state index is -0.254. The minimum absolute atomic E-state index is 0.142. The summed E-state index contributed by atoms with van der Waals surface area (Å²) >= 11 is 13.3. The van der Waals surface area contributed by atoms with Crippen LogP contribution >= 0.6 is 23.2 Å². The molecule has 2 aliphatic rings. The quantitative estimate of drug-likeness (QED) is 0.452. The summed E-state index contributed by atoms with van der Waals surface area (Å²) in [7, 11) is 1.65. The molecule has 1 fully saturated rings. The molecule has 5 N–H and O–H groups in total. The summed E-state index contributed by atoms with van der Waals surface area (Å²) in [6.07, 6.45) is 2.68. The lowest BCUT2D eigenvalue weighted by Crippen LogP contribution is -2.39. The number of amides is 1. The van der Waals surface area contributed by atoms with Crippen molar-refractivity contribution in [2.24, 2.45) is 11.6 Å². The van der Waals surface area contributed by atoms with Crippen LogP contribution in [0.25, 0.3) is 5.70 Å². The lowest BCUT2D eigenvalue weighted by Gasteiger charge is -2.31. The molecule has 1 saturated carbocycles. The smallest absolute Gasteiger partial charge is 0.256 e. The number of hydrazine groups is 1. The highest BCUT2D eigenvalue weighted by molar-refractivity contribution is 6.38. The van der Waals surface area contributed by atoms with Gasteiger partial charge < -0.3 is 20.6 Å². The van der Waals surface area contributed by atoms with Gasteiger partial charge >= 0.3 is 0 Å². The number of hydrogen-bond acceptors (Lipinski definition) is 5. The number of carbonyl (C=O) groups is 1. The number of allylic oxidation sites excluding steroid dienone is 1. The van der Waals surface area contributed by atoms with E-state index in [1.165, 1.54) is 5.01 Å². The average molecular weight is 476 g/mol. The number of nitrogens with two attached hydrogens (primary N) is 2. The number of halogens is 2. The van der Waals surface area contributed by atoms with Crippen molar-refractivity contribution in [2.45, 2.75) is 45.6 Å². The molecular formula is C23H27Cl2N5O2. The second-order valence-corrected chi connectivity index (χ2v) is 9.47. The maximum Gasteiger partial charge on any atom is 0.256 e. The molecule has 32 heavy (non-hydrogen) atoms. The number of aromatic nitrogens is 1. The summed E-state index contributed by atoms with van der Waals surface area (Å²) in [5.41, 5.74) is 10.9. The van der Waals surface area contributed by atoms with E-state index in [9.17, 15) is 9.59 Å². The molecule has 2 heterocycles. The number of aromatic amines is 1. The molecule has 1 aliphatic heterocycles. The average Bonchev–Trinajstić information content (AvgIpc) is 3.53. The summed E-state index contributed by atoms with van der Waals surface area (Å²) in [5.74, 6) is 6.11. The number of carbonyl (C=O) groups excluding carboxylic acids is 1. The van der Waals surface area contributed by atoms with Gasteiger partial charge in [0.05, 0.1) is 22.8 Å². The third-order valence-corrected chi connectivity index (χ3v) is 6.83. The highest BCUT2D eigenvalue weighted by atomic mass is 35.5. The Labute approximate surface area is 196 Å². The van der Waals surface area contributed by atoms with E-state index < -0.39 is 0 Å². The van der Waals surface area contributed by atoms with Crippen LogP contribution in [0.2, 0.25) is 10.0 Å². The van der Waals surface area contributed by atoms with Crippen molar-refractivity contribution >= 4 is 34.8 Å². The van der Waals surface area contributed by atoms with Gasteiger partial charge in [0.15, 0.2) is 0 Å². The molecule has 170 valence electrons. The minimum Gasteiger partial charge on any atom is -0.401 e. The number of rotatable bonds is 5. The van der Waals surface area contributed by atoms with Gasteiger partial charge in [-0.15, -0.1) is 0 Å². The molecule has 0 spiro atoms. The number of H-pyrrole nitrogens is 1. The van der Waals surface area contributed by atoms with Gasteiger partial charge in [-0.1, -0.05) is 23.2 Å². The van der Waals surface area contributed by atoms with Crippen LogP contribution in [0, 0.1) is 6.92 Å². The largest absolute Gasteiger partial charge is 0.401 e. The van der Waals surface area contributed by atoms with Crippen molar-refractivity contribution in [3.63, 3.8) is 0 Å². The van der Waals surface area contributed by atoms with Crippen molar-refractivity contribution in [1.82, 2.24) is 14.9 Å². The number of pyridine rings is 1. The molecule has 1 amide bonds. The summed E-state index contributed by atoms with van der Waals surface area (Å²) < 4.78 is 0. The molecule has 0 saturated heterocycles. The number of aryl methyl sites for hydroxylation is 1. The third kappa shape index (κ3) is 4.00. The fourth-order valence-electron chi connectivity index (χ4n) is 4.50. The highest BCUT2D eigenvalue weighted by Gasteiger charge is 2.34. The summed E-state index contributed by atoms with van der Waals surface area (Å²) in [4.78, 5) is 30.9. The lowest BCUT2D eigenvalue weighted by molar-refractivity contribution is 0.0726. The van der Waals surface area contributed by atoms with Crippen LogP contribution in [0.1, 0.15) is 64.0 Å². The first-order valence-electron chi connectivity index (χ1n) is 10.6. The van der Waals surface area contributed by atoms with Gasteiger partial charge in [0.1, 0.15) is 0 Å². The second kappa shape index (κ2) is 8.46. The van der Waals surface area contributed by atoms with Crippen LogP contribution in [0.15, 0.2) is 22.6 Å². The summed E-state index contributed by atoms with van der Waals surface area (Å²) in [6.45, 7) is 4.27. The van der Waals surface area contributed by atoms with Crippen molar-refractivity contribution in [2.75, 3.05) is 13.6 Å². The lowest BCUT2D eigenvalue weighted by atomic mass is 9.94. The predicted molar refractivity (Wildman–Crippen MR) is 127 cm³/mol. The van der Waals surface area contributed by atoms with Gasteiger partial charge in [0.25, 0.3) is 11.5 Å². The molecule has 9 heteroatoms. The SMILES string of the molecule is C/C(N)=C(\c1cc(Cl)c2c(c1Cl)C(=O)N(Cc1c(C3CC3)cc(C)[nH]c1=O)CC2)N(C)N. The maximum atomic E-state index is 13.6. The Morgan fingerprint density at radius 2 is 1.97 bits per heavy atom. The third-order valence-electron chi connectivity index (χ3n) is 6.10. The first-order chi connectivity index (χ1) is 15.1. The van der Waals surface area contributed by atoms with Crippen LogP contribution in [-0.2, 0) is 13.0 Å². The van der Waals surface area contributed by atoms with E-state index in [0.29, 0.717) is 57.6 Å². The Bertz CT molecular complexity index is 1190. The molecule has 1 aromatic heterocycles. The van der Waals surface area contributed by atoms with Gasteiger partial charge in [-0.3, -0.25) is 9.59 Å². The van der Waals surface area contributed by atoms with Gasteiger partial charge in [-0.05, 0) is 62.3 Å². The van der Waals surface area contributed by atoms with Crippen LogP contribution < -0.4 is 17.1 Å². The van der Waals surface area contributed by atoms with E-state index in [1.807, 2.05) is 13.0 Å². The summed E-state index contributed by atoms with van der Waals surface area (Å²) in [5, 5.41) is 2.06. The van der Waals surface area contributed by atoms with Crippen molar-refractivity contribution in [3.8, 4) is 0 Å². The fraction of sp³-hybridized carbons (Fsp3) is 0.391. The number of nitrogens with one attached hydrogen (secondary N) is 1. The molecule has 2 aromatic rings. The molecule has 0 radical (unpaired) electrons. The highest BCUT2D eigenvalue weighted by Crippen LogP contribution is 2.42. The normalized spacial score (nSPS) is 16.7. The van der Waals surface area contributed by atoms with E-state index in [4.69, 9.17) is 34.8 Å². The summed E-state index contributed by atoms with van der Waals surface area (Å²) in [6, 6.07) is 3.73. The Morgan fingerprint density at radius 1 is 1.28 bits per heavy atom. The Hall–Kier alpha value is -2.48. The monoisotopic (exact) mass is 475 g/mol. The second-order valence-electron chi connectivity index (χ2n) is 8.68. The maximum absolute atomic E-state index is 13.6. The predicted octanol–water partition coefficient (Wildman–Crippen LogP) is 3.52. The number of nitrogens with zero attached hydrogens (tertiary/aromatic N) is 2. The van der Waals surface area contributed by atoms with E-state index in [0.717, 1.165) is 24.1 Å². The number of benzene rings is 1. The number of fused-ring (bicyclic) bond motifs is 1. The van der Waals surface area contributed by atoms with Crippen molar-refractivity contribution < 1.29 is 4.79 Å². The first kappa shape index (κ1) is 22.7. The van der Waals surface area contributed by atoms with E-state index in [1.54, 1.807) is 24.9 Å². The van der Waals surface area contributed by atoms with Crippen LogP contribution in [-0.4, -0.2) is 34.4 Å². The van der Waals surface area contributed by atoms with Gasteiger partial charge in [0.2, 0.25) is 0 Å². The zero-order chi connectivity index (χ0) is 23.3. The van der Waals surface area contributed by atoms with Gasteiger partial charge in [-0.25, -0.2) is 5.84 Å². The molecule has 0 atom stereocenters. The molecule has 4 rings (SSSR count). The van der Waals surface area contributed by atoms with E-state index in [-0.39, 0.29) is 23.0 Å². The number of hydrogen-bond donors (Lipinski definition) is 3. The molecule has 1 aliphatic carbocycles. The van der Waals surface area contributed by atoms with Crippen LogP contribution in [0.5, 0.6) is 0 Å². The molecular weight excluding hydrogens is 449 g/mol. The Balaban J connectivity index is 1.77. The van der Waals surface area contributed by atoms with Crippen molar-refractivity contribution in [3.05, 3.63) is 71.7 Å². The standard InChI is InChI=1S/C23H27Cl2N5O2/c1-11-8-15(13-4-5-13)17(22(31)28-11)10-30-7-6-14-18(24)9-16(20(25)19(14)23(30)32)21(12(2)26)29(3)27/h8-9,13H,4-7,10,26-27H2,1-3H3,(H,28,31)/b21-12-. The van der Waals surface area contributed by atoms with E-state index >= 15 is 0 Å². The van der Waals surface area contributed by atoms with Crippen LogP contribution in [0.4, 0.5) is 0 Å². The molecule has 0 bridgehead atoms. The van der Waals surface area contributed by atoms with Crippen molar-refractivity contribution in [1.29, 1.82) is 0 Å². The zero-order valence-corrected chi connectivity index (χ0v) is 19.9. The van der Waals surface area contributed by atoms with Gasteiger partial charge in [-0.2, -0.15) is 0 Å². The molecule has 1 aromatic carbocycles. The fourth-order valence-corrected chi connectivity index (χ4v) is 5.13. The molecule has 7 nitrogen and oxygen atoms in total. The van der Waals surface area contributed by atoms with E-state index in [2.05, 4.69) is 4.98 Å². The van der Waals surface area contributed by atoms with Crippen LogP contribution in [0.3, 0.4) is 0 Å². The topological polar surface area (TPSA) is 108 Å². The Kier molecular flexibility index (Phi) is 6.00. The molecule has 0 unspecified atom stereocenters. The zero-order valence-electron chi connectivity index (χ0n) is 18.4. The first-order valence-corrected chi connectivity index (χ1v) is 11.3. The van der Waals surface area contributed by atoms with Gasteiger partial charge in [0, 0.05) is 41.1 Å².